The van der Waals surface area contributed by atoms with E-state index in [0.717, 1.165) is 32.6 Å². The van der Waals surface area contributed by atoms with Gasteiger partial charge >= 0.3 is 0 Å². The van der Waals surface area contributed by atoms with Crippen molar-refractivity contribution in [3.05, 3.63) is 35.9 Å². The summed E-state index contributed by atoms with van der Waals surface area (Å²) in [6, 6.07) is 11.3. The average Bonchev–Trinajstić information content (AvgIpc) is 2.59. The number of hydrogen-bond donors (Lipinski definition) is 1. The maximum absolute atomic E-state index is 8.96. The van der Waals surface area contributed by atoms with Crippen molar-refractivity contribution < 1.29 is 5.11 Å². The Morgan fingerprint density at radius 1 is 1.21 bits per heavy atom. The lowest BCUT2D eigenvalue weighted by molar-refractivity contribution is 0.171. The molecule has 19 heavy (non-hydrogen) atoms. The van der Waals surface area contributed by atoms with E-state index in [9.17, 15) is 0 Å². The Morgan fingerprint density at radius 2 is 2.00 bits per heavy atom. The molecule has 0 spiro atoms. The van der Waals surface area contributed by atoms with Crippen LogP contribution in [-0.4, -0.2) is 53.7 Å². The largest absolute Gasteiger partial charge is 0.396 e. The molecule has 1 fully saturated rings. The standard InChI is InChI=1S/C16H26N2O/c1-15-13-17(14-16-7-3-2-4-8-16)9-5-10-18(15)11-6-12-19/h2-4,7-8,15,19H,5-6,9-14H2,1H3. The minimum Gasteiger partial charge on any atom is -0.396 e. The molecule has 1 saturated heterocycles. The molecule has 2 rings (SSSR count). The van der Waals surface area contributed by atoms with E-state index in [4.69, 9.17) is 5.11 Å². The van der Waals surface area contributed by atoms with E-state index in [1.807, 2.05) is 0 Å². The third kappa shape index (κ3) is 4.60. The minimum absolute atomic E-state index is 0.303. The molecule has 0 amide bonds. The molecule has 1 unspecified atom stereocenters. The summed E-state index contributed by atoms with van der Waals surface area (Å²) >= 11 is 0. The predicted molar refractivity (Wildman–Crippen MR) is 79.1 cm³/mol. The first-order valence-electron chi connectivity index (χ1n) is 7.41. The summed E-state index contributed by atoms with van der Waals surface area (Å²) in [5.41, 5.74) is 1.40. The number of hydrogen-bond acceptors (Lipinski definition) is 3. The molecule has 0 saturated carbocycles. The fraction of sp³-hybridized carbons (Fsp3) is 0.625. The molecule has 1 aliphatic heterocycles. The van der Waals surface area contributed by atoms with E-state index in [-0.39, 0.29) is 0 Å². The molecule has 106 valence electrons. The quantitative estimate of drug-likeness (QED) is 0.879. The lowest BCUT2D eigenvalue weighted by Crippen LogP contribution is -2.39. The van der Waals surface area contributed by atoms with E-state index < -0.39 is 0 Å². The number of benzene rings is 1. The van der Waals surface area contributed by atoms with Crippen LogP contribution in [0.3, 0.4) is 0 Å². The smallest absolute Gasteiger partial charge is 0.0443 e. The van der Waals surface area contributed by atoms with Crippen LogP contribution in [0.5, 0.6) is 0 Å². The van der Waals surface area contributed by atoms with Crippen LogP contribution in [-0.2, 0) is 6.54 Å². The molecule has 1 aliphatic rings. The molecule has 0 aliphatic carbocycles. The van der Waals surface area contributed by atoms with Crippen molar-refractivity contribution in [2.24, 2.45) is 0 Å². The predicted octanol–water partition coefficient (Wildman–Crippen LogP) is 1.97. The Morgan fingerprint density at radius 3 is 2.74 bits per heavy atom. The molecule has 1 atom stereocenters. The maximum atomic E-state index is 8.96. The van der Waals surface area contributed by atoms with Crippen LogP contribution in [0.25, 0.3) is 0 Å². The van der Waals surface area contributed by atoms with Crippen molar-refractivity contribution in [1.29, 1.82) is 0 Å². The Balaban J connectivity index is 1.87. The highest BCUT2D eigenvalue weighted by molar-refractivity contribution is 5.14. The second-order valence-electron chi connectivity index (χ2n) is 5.54. The van der Waals surface area contributed by atoms with Crippen LogP contribution in [0, 0.1) is 0 Å². The van der Waals surface area contributed by atoms with E-state index in [1.54, 1.807) is 0 Å². The van der Waals surface area contributed by atoms with Crippen LogP contribution >= 0.6 is 0 Å². The van der Waals surface area contributed by atoms with Gasteiger partial charge in [0, 0.05) is 32.3 Å². The zero-order valence-corrected chi connectivity index (χ0v) is 12.0. The summed E-state index contributed by atoms with van der Waals surface area (Å²) in [6.45, 7) is 8.15. The van der Waals surface area contributed by atoms with Gasteiger partial charge < -0.3 is 5.11 Å². The summed E-state index contributed by atoms with van der Waals surface area (Å²) in [7, 11) is 0. The van der Waals surface area contributed by atoms with Crippen LogP contribution in [0.15, 0.2) is 30.3 Å². The molecular weight excluding hydrogens is 236 g/mol. The van der Waals surface area contributed by atoms with Gasteiger partial charge in [0.1, 0.15) is 0 Å². The summed E-state index contributed by atoms with van der Waals surface area (Å²) in [6.07, 6.45) is 2.12. The molecular formula is C16H26N2O. The Hall–Kier alpha value is -0.900. The van der Waals surface area contributed by atoms with Gasteiger partial charge in [0.2, 0.25) is 0 Å². The van der Waals surface area contributed by atoms with Crippen molar-refractivity contribution in [1.82, 2.24) is 9.80 Å². The number of aliphatic hydroxyl groups excluding tert-OH is 1. The third-order valence-corrected chi connectivity index (χ3v) is 3.92. The van der Waals surface area contributed by atoms with Crippen LogP contribution in [0.1, 0.15) is 25.3 Å². The van der Waals surface area contributed by atoms with Crippen molar-refractivity contribution >= 4 is 0 Å². The van der Waals surface area contributed by atoms with Gasteiger partial charge in [0.25, 0.3) is 0 Å². The molecule has 3 heteroatoms. The molecule has 1 heterocycles. The van der Waals surface area contributed by atoms with Crippen LogP contribution in [0.4, 0.5) is 0 Å². The van der Waals surface area contributed by atoms with Gasteiger partial charge in [-0.05, 0) is 38.4 Å². The van der Waals surface area contributed by atoms with Gasteiger partial charge in [0.15, 0.2) is 0 Å². The monoisotopic (exact) mass is 262 g/mol. The van der Waals surface area contributed by atoms with Crippen molar-refractivity contribution in [3.63, 3.8) is 0 Å². The highest BCUT2D eigenvalue weighted by atomic mass is 16.3. The van der Waals surface area contributed by atoms with E-state index in [1.165, 1.54) is 18.5 Å². The molecule has 1 aromatic carbocycles. The first-order valence-corrected chi connectivity index (χ1v) is 7.41. The van der Waals surface area contributed by atoms with Gasteiger partial charge in [-0.15, -0.1) is 0 Å². The first-order chi connectivity index (χ1) is 9.29. The van der Waals surface area contributed by atoms with E-state index in [0.29, 0.717) is 12.6 Å². The lowest BCUT2D eigenvalue weighted by atomic mass is 10.2. The van der Waals surface area contributed by atoms with Crippen molar-refractivity contribution in [3.8, 4) is 0 Å². The highest BCUT2D eigenvalue weighted by Gasteiger charge is 2.20. The highest BCUT2D eigenvalue weighted by Crippen LogP contribution is 2.13. The normalized spacial score (nSPS) is 22.3. The van der Waals surface area contributed by atoms with Gasteiger partial charge in [0.05, 0.1) is 0 Å². The van der Waals surface area contributed by atoms with E-state index in [2.05, 4.69) is 47.1 Å². The number of nitrogens with zero attached hydrogens (tertiary/aromatic N) is 2. The Bertz CT molecular complexity index is 355. The van der Waals surface area contributed by atoms with Crippen molar-refractivity contribution in [2.45, 2.75) is 32.4 Å². The second kappa shape index (κ2) is 7.63. The summed E-state index contributed by atoms with van der Waals surface area (Å²) < 4.78 is 0. The topological polar surface area (TPSA) is 26.7 Å². The average molecular weight is 262 g/mol. The van der Waals surface area contributed by atoms with Crippen molar-refractivity contribution in [2.75, 3.05) is 32.8 Å². The fourth-order valence-electron chi connectivity index (χ4n) is 2.89. The van der Waals surface area contributed by atoms with Gasteiger partial charge in [-0.2, -0.15) is 0 Å². The third-order valence-electron chi connectivity index (χ3n) is 3.92. The lowest BCUT2D eigenvalue weighted by Gasteiger charge is -2.28. The zero-order valence-electron chi connectivity index (χ0n) is 12.0. The van der Waals surface area contributed by atoms with Gasteiger partial charge in [-0.1, -0.05) is 30.3 Å². The zero-order chi connectivity index (χ0) is 13.5. The summed E-state index contributed by atoms with van der Waals surface area (Å²) in [5, 5.41) is 8.96. The molecule has 0 aromatic heterocycles. The molecule has 3 nitrogen and oxygen atoms in total. The van der Waals surface area contributed by atoms with Crippen LogP contribution < -0.4 is 0 Å². The molecule has 1 N–H and O–H groups in total. The molecule has 0 bridgehead atoms. The minimum atomic E-state index is 0.303. The van der Waals surface area contributed by atoms with Gasteiger partial charge in [-0.3, -0.25) is 9.80 Å². The second-order valence-corrected chi connectivity index (χ2v) is 5.54. The first kappa shape index (κ1) is 14.5. The van der Waals surface area contributed by atoms with Crippen LogP contribution in [0.2, 0.25) is 0 Å². The molecule has 0 radical (unpaired) electrons. The van der Waals surface area contributed by atoms with E-state index >= 15 is 0 Å². The molecule has 1 aromatic rings. The Kier molecular flexibility index (Phi) is 5.83. The Labute approximate surface area is 116 Å². The SMILES string of the molecule is CC1CN(Cc2ccccc2)CCCN1CCCO. The van der Waals surface area contributed by atoms with Gasteiger partial charge in [-0.25, -0.2) is 0 Å². The summed E-state index contributed by atoms with van der Waals surface area (Å²) in [4.78, 5) is 5.07. The number of rotatable bonds is 5. The fourth-order valence-corrected chi connectivity index (χ4v) is 2.89. The number of aliphatic hydroxyl groups is 1. The summed E-state index contributed by atoms with van der Waals surface area (Å²) in [5.74, 6) is 0. The maximum Gasteiger partial charge on any atom is 0.0443 e.